The van der Waals surface area contributed by atoms with Crippen molar-refractivity contribution in [3.8, 4) is 6.07 Å². The van der Waals surface area contributed by atoms with Crippen molar-refractivity contribution in [3.05, 3.63) is 45.7 Å². The Labute approximate surface area is 235 Å². The number of carbonyl (C=O) groups is 1. The Morgan fingerprint density at radius 2 is 1.95 bits per heavy atom. The van der Waals surface area contributed by atoms with E-state index in [0.29, 0.717) is 45.3 Å². The number of nitrogens with one attached hydrogen (secondary N) is 1. The maximum atomic E-state index is 11.2. The van der Waals surface area contributed by atoms with Crippen LogP contribution in [0.25, 0.3) is 0 Å². The Bertz CT molecular complexity index is 1180. The quantitative estimate of drug-likeness (QED) is 0.434. The Morgan fingerprint density at radius 1 is 1.21 bits per heavy atom. The average Bonchev–Trinajstić information content (AvgIpc) is 2.84. The zero-order valence-electron chi connectivity index (χ0n) is 22.2. The topological polar surface area (TPSA) is 105 Å². The van der Waals surface area contributed by atoms with E-state index in [4.69, 9.17) is 28.2 Å². The van der Waals surface area contributed by atoms with E-state index >= 15 is 0 Å². The summed E-state index contributed by atoms with van der Waals surface area (Å²) in [5.41, 5.74) is 1.23. The molecule has 0 amide bonds. The standard InChI is InChI=1S/C26H30Cl2N6O2.C2H6/c1-15(21-5-4-19(27)9-22(21)28)31-24-11-30-23(10-29)25(32-24)34-13-18(14-34)16-3-2-6-33(12-16)20-7-17(8-20)26(35)36;1-2/h4-5,9,11,15-18,20H,2-3,6-8,12-14H2,1H3,(H,31,32)(H,35,36);1-2H3. The monoisotopic (exact) mass is 558 g/mol. The third-order valence-corrected chi connectivity index (χ3v) is 8.56. The molecule has 1 aliphatic carbocycles. The Kier molecular flexibility index (Phi) is 9.35. The van der Waals surface area contributed by atoms with E-state index in [-0.39, 0.29) is 12.0 Å². The summed E-state index contributed by atoms with van der Waals surface area (Å²) in [6.07, 6.45) is 5.49. The van der Waals surface area contributed by atoms with Crippen molar-refractivity contribution in [1.29, 1.82) is 5.26 Å². The van der Waals surface area contributed by atoms with Gasteiger partial charge >= 0.3 is 5.97 Å². The van der Waals surface area contributed by atoms with Gasteiger partial charge in [-0.2, -0.15) is 5.26 Å². The van der Waals surface area contributed by atoms with Gasteiger partial charge in [-0.05, 0) is 68.7 Å². The van der Waals surface area contributed by atoms with Gasteiger partial charge in [0.25, 0.3) is 0 Å². The van der Waals surface area contributed by atoms with Gasteiger partial charge in [-0.1, -0.05) is 43.1 Å². The number of nitriles is 1. The molecule has 1 saturated carbocycles. The number of hydrogen-bond donors (Lipinski definition) is 2. The van der Waals surface area contributed by atoms with Crippen molar-refractivity contribution in [3.63, 3.8) is 0 Å². The number of halogens is 2. The summed E-state index contributed by atoms with van der Waals surface area (Å²) in [6.45, 7) is 9.80. The first-order chi connectivity index (χ1) is 18.3. The molecule has 2 atom stereocenters. The van der Waals surface area contributed by atoms with Gasteiger partial charge in [-0.15, -0.1) is 0 Å². The molecule has 2 N–H and O–H groups in total. The van der Waals surface area contributed by atoms with Crippen LogP contribution in [0.5, 0.6) is 0 Å². The lowest BCUT2D eigenvalue weighted by Gasteiger charge is -2.50. The number of hydrogen-bond acceptors (Lipinski definition) is 7. The molecule has 0 spiro atoms. The molecule has 3 aliphatic rings. The van der Waals surface area contributed by atoms with Crippen LogP contribution in [0.1, 0.15) is 63.8 Å². The van der Waals surface area contributed by atoms with Gasteiger partial charge in [0.05, 0.1) is 18.2 Å². The molecule has 10 heteroatoms. The van der Waals surface area contributed by atoms with Crippen molar-refractivity contribution < 1.29 is 9.90 Å². The number of carboxylic acid groups (broad SMARTS) is 1. The molecule has 5 rings (SSSR count). The van der Waals surface area contributed by atoms with Crippen LogP contribution < -0.4 is 10.2 Å². The smallest absolute Gasteiger partial charge is 0.306 e. The number of piperidine rings is 1. The largest absolute Gasteiger partial charge is 0.481 e. The summed E-state index contributed by atoms with van der Waals surface area (Å²) in [7, 11) is 0. The minimum absolute atomic E-state index is 0.116. The summed E-state index contributed by atoms with van der Waals surface area (Å²) < 4.78 is 0. The molecule has 1 aromatic heterocycles. The van der Waals surface area contributed by atoms with Gasteiger partial charge in [0.2, 0.25) is 0 Å². The summed E-state index contributed by atoms with van der Waals surface area (Å²) in [6, 6.07) is 7.89. The highest BCUT2D eigenvalue weighted by Crippen LogP contribution is 2.39. The minimum atomic E-state index is -0.661. The Hall–Kier alpha value is -2.60. The van der Waals surface area contributed by atoms with Crippen LogP contribution in [-0.4, -0.2) is 58.2 Å². The molecule has 3 fully saturated rings. The molecule has 0 bridgehead atoms. The van der Waals surface area contributed by atoms with E-state index in [2.05, 4.69) is 26.2 Å². The third kappa shape index (κ3) is 6.17. The van der Waals surface area contributed by atoms with Crippen LogP contribution in [0.4, 0.5) is 11.6 Å². The second kappa shape index (κ2) is 12.5. The number of carboxylic acids is 1. The molecule has 2 aliphatic heterocycles. The van der Waals surface area contributed by atoms with Gasteiger partial charge in [0, 0.05) is 35.7 Å². The lowest BCUT2D eigenvalue weighted by molar-refractivity contribution is -0.147. The fourth-order valence-corrected chi connectivity index (χ4v) is 6.30. The van der Waals surface area contributed by atoms with Crippen LogP contribution in [0.2, 0.25) is 10.0 Å². The summed E-state index contributed by atoms with van der Waals surface area (Å²) in [5, 5.41) is 23.3. The molecule has 1 aromatic carbocycles. The number of anilines is 2. The first-order valence-electron chi connectivity index (χ1n) is 13.5. The predicted molar refractivity (Wildman–Crippen MR) is 151 cm³/mol. The first-order valence-corrected chi connectivity index (χ1v) is 14.3. The van der Waals surface area contributed by atoms with Crippen LogP contribution in [0.15, 0.2) is 24.4 Å². The summed E-state index contributed by atoms with van der Waals surface area (Å²) in [5.74, 6) is 1.51. The predicted octanol–water partition coefficient (Wildman–Crippen LogP) is 5.87. The van der Waals surface area contributed by atoms with E-state index < -0.39 is 5.97 Å². The normalized spacial score (nSPS) is 24.2. The van der Waals surface area contributed by atoms with E-state index in [1.807, 2.05) is 26.8 Å². The fraction of sp³-hybridized carbons (Fsp3) is 0.571. The van der Waals surface area contributed by atoms with E-state index in [9.17, 15) is 15.2 Å². The van der Waals surface area contributed by atoms with Crippen LogP contribution in [-0.2, 0) is 4.79 Å². The van der Waals surface area contributed by atoms with Gasteiger partial charge in [0.15, 0.2) is 11.5 Å². The third-order valence-electron chi connectivity index (χ3n) is 8.00. The lowest BCUT2D eigenvalue weighted by Crippen LogP contribution is -2.56. The molecular formula is C28H36Cl2N6O2. The van der Waals surface area contributed by atoms with Crippen molar-refractivity contribution in [1.82, 2.24) is 14.9 Å². The van der Waals surface area contributed by atoms with Crippen LogP contribution >= 0.6 is 23.2 Å². The van der Waals surface area contributed by atoms with Crippen molar-refractivity contribution >= 4 is 40.8 Å². The number of nitrogens with zero attached hydrogens (tertiary/aromatic N) is 5. The van der Waals surface area contributed by atoms with E-state index in [0.717, 1.165) is 51.0 Å². The van der Waals surface area contributed by atoms with Gasteiger partial charge in [-0.3, -0.25) is 4.79 Å². The molecule has 204 valence electrons. The Morgan fingerprint density at radius 3 is 2.61 bits per heavy atom. The highest BCUT2D eigenvalue weighted by Gasteiger charge is 2.42. The minimum Gasteiger partial charge on any atom is -0.481 e. The maximum Gasteiger partial charge on any atom is 0.306 e. The highest BCUT2D eigenvalue weighted by molar-refractivity contribution is 6.35. The molecule has 0 radical (unpaired) electrons. The van der Waals surface area contributed by atoms with Gasteiger partial charge < -0.3 is 20.2 Å². The number of aliphatic carboxylic acids is 1. The van der Waals surface area contributed by atoms with E-state index in [1.165, 1.54) is 6.42 Å². The lowest BCUT2D eigenvalue weighted by atomic mass is 9.76. The second-order valence-corrected chi connectivity index (χ2v) is 11.1. The van der Waals surface area contributed by atoms with Gasteiger partial charge in [0.1, 0.15) is 11.9 Å². The molecule has 3 heterocycles. The zero-order chi connectivity index (χ0) is 27.4. The second-order valence-electron chi connectivity index (χ2n) is 10.3. The molecule has 2 saturated heterocycles. The highest BCUT2D eigenvalue weighted by atomic mass is 35.5. The number of aromatic nitrogens is 2. The number of benzene rings is 1. The summed E-state index contributed by atoms with van der Waals surface area (Å²) >= 11 is 12.4. The SMILES string of the molecule is CC.CC(Nc1cnc(C#N)c(N2CC(C3CCCN(C4CC(C(=O)O)C4)C3)C2)n1)c1ccc(Cl)cc1Cl. The van der Waals surface area contributed by atoms with Crippen molar-refractivity contribution in [2.75, 3.05) is 36.4 Å². The molecule has 38 heavy (non-hydrogen) atoms. The molecule has 2 aromatic rings. The first kappa shape index (κ1) is 28.4. The van der Waals surface area contributed by atoms with Crippen molar-refractivity contribution in [2.45, 2.75) is 58.5 Å². The Balaban J connectivity index is 0.00000164. The molecule has 2 unspecified atom stereocenters. The molecule has 8 nitrogen and oxygen atoms in total. The van der Waals surface area contributed by atoms with Crippen LogP contribution in [0.3, 0.4) is 0 Å². The van der Waals surface area contributed by atoms with Crippen molar-refractivity contribution in [2.24, 2.45) is 17.8 Å². The maximum absolute atomic E-state index is 11.2. The van der Waals surface area contributed by atoms with Crippen LogP contribution in [0, 0.1) is 29.1 Å². The summed E-state index contributed by atoms with van der Waals surface area (Å²) in [4.78, 5) is 24.9. The molecular weight excluding hydrogens is 523 g/mol. The zero-order valence-corrected chi connectivity index (χ0v) is 23.7. The van der Waals surface area contributed by atoms with Gasteiger partial charge in [-0.25, -0.2) is 9.97 Å². The fourth-order valence-electron chi connectivity index (χ4n) is 5.73. The average molecular weight is 560 g/mol. The van der Waals surface area contributed by atoms with E-state index in [1.54, 1.807) is 18.3 Å². The number of rotatable bonds is 7. The number of likely N-dealkylation sites (tertiary alicyclic amines) is 1.